The molecule has 0 saturated heterocycles. The van der Waals surface area contributed by atoms with Gasteiger partial charge in [0.15, 0.2) is 11.9 Å². The average Bonchev–Trinajstić information content (AvgIpc) is 0.744. The number of halogens is 3. The summed E-state index contributed by atoms with van der Waals surface area (Å²) in [6.45, 7) is 48.7. The van der Waals surface area contributed by atoms with E-state index in [-0.39, 0.29) is 66.4 Å². The topological polar surface area (TPSA) is 321 Å². The van der Waals surface area contributed by atoms with Gasteiger partial charge in [0, 0.05) is 85.8 Å². The minimum Gasteiger partial charge on any atom is -0.508 e. The van der Waals surface area contributed by atoms with Crippen LogP contribution in [0, 0.1) is 0 Å². The molecule has 764 valence electrons. The van der Waals surface area contributed by atoms with Crippen molar-refractivity contribution in [1.82, 2.24) is 0 Å². The third kappa shape index (κ3) is 32.4. The molecule has 144 heavy (non-hydrogen) atoms. The van der Waals surface area contributed by atoms with Crippen molar-refractivity contribution in [2.45, 2.75) is 201 Å². The molecular formula is C118H137F3N4O18S. The van der Waals surface area contributed by atoms with E-state index in [9.17, 15) is 70.8 Å². The first-order valence-corrected chi connectivity index (χ1v) is 48.9. The van der Waals surface area contributed by atoms with Gasteiger partial charge in [-0.25, -0.2) is 37.2 Å². The van der Waals surface area contributed by atoms with Gasteiger partial charge in [-0.05, 0) is 284 Å². The number of phenols is 4. The normalized spacial score (nSPS) is 11.2. The Hall–Kier alpha value is -15.2. The minimum atomic E-state index is -4.59. The van der Waals surface area contributed by atoms with E-state index in [1.807, 2.05) is 133 Å². The summed E-state index contributed by atoms with van der Waals surface area (Å²) in [7, 11) is 3.52. The van der Waals surface area contributed by atoms with E-state index in [2.05, 4.69) is 125 Å². The van der Waals surface area contributed by atoms with Crippen LogP contribution in [0.2, 0.25) is 0 Å². The van der Waals surface area contributed by atoms with Crippen LogP contribution in [-0.4, -0.2) is 106 Å². The number of aromatic hydroxyl groups is 4. The summed E-state index contributed by atoms with van der Waals surface area (Å²) < 4.78 is 101. The van der Waals surface area contributed by atoms with E-state index in [0.717, 1.165) is 99.7 Å². The molecule has 0 spiro atoms. The highest BCUT2D eigenvalue weighted by Gasteiger charge is 2.54. The molecule has 8 N–H and O–H groups in total. The Labute approximate surface area is 846 Å². The molecule has 11 aromatic rings. The fraction of sp³-hybridized carbons (Fsp3) is 0.288. The van der Waals surface area contributed by atoms with Crippen molar-refractivity contribution in [3.8, 4) is 46.0 Å². The Morgan fingerprint density at radius 1 is 0.375 bits per heavy atom. The van der Waals surface area contributed by atoms with Crippen molar-refractivity contribution in [3.63, 3.8) is 0 Å². The van der Waals surface area contributed by atoms with Crippen LogP contribution in [0.1, 0.15) is 205 Å². The highest BCUT2D eigenvalue weighted by atomic mass is 32.2. The number of hydrogen-bond donors (Lipinski definition) is 8. The van der Waals surface area contributed by atoms with Gasteiger partial charge in [-0.3, -0.25) is 0 Å². The second kappa shape index (κ2) is 55.3. The molecule has 1 atom stereocenters. The molecule has 0 aliphatic rings. The summed E-state index contributed by atoms with van der Waals surface area (Å²) in [4.78, 5) is 70.0. The number of benzene rings is 11. The largest absolute Gasteiger partial charge is 0.508 e. The van der Waals surface area contributed by atoms with E-state index >= 15 is 0 Å². The molecule has 0 saturated carbocycles. The maximum absolute atomic E-state index is 14.3. The van der Waals surface area contributed by atoms with Crippen molar-refractivity contribution in [2.24, 2.45) is 0 Å². The lowest BCUT2D eigenvalue weighted by Crippen LogP contribution is -2.40. The van der Waals surface area contributed by atoms with Gasteiger partial charge in [0.1, 0.15) is 45.7 Å². The molecule has 11 rings (SSSR count). The summed E-state index contributed by atoms with van der Waals surface area (Å²) in [5.74, 6) is -0.682. The zero-order valence-electron chi connectivity index (χ0n) is 86.0. The van der Waals surface area contributed by atoms with Crippen LogP contribution in [0.15, 0.2) is 296 Å². The molecule has 0 fully saturated rings. The number of anilines is 4. The van der Waals surface area contributed by atoms with Crippen LogP contribution in [0.5, 0.6) is 46.0 Å². The molecule has 0 heterocycles. The molecule has 26 heteroatoms. The smallest absolute Gasteiger partial charge is 0.402 e. The van der Waals surface area contributed by atoms with Crippen molar-refractivity contribution >= 4 is 68.4 Å². The molecule has 1 unspecified atom stereocenters. The average molecular weight is 1990 g/mol. The molecule has 0 aromatic heterocycles. The maximum Gasteiger partial charge on any atom is 0.402 e. The first kappa shape index (κ1) is 118. The Balaban J connectivity index is 0.000000266. The van der Waals surface area contributed by atoms with Crippen molar-refractivity contribution in [2.75, 3.05) is 56.1 Å². The zero-order chi connectivity index (χ0) is 107. The van der Waals surface area contributed by atoms with Gasteiger partial charge in [-0.1, -0.05) is 224 Å². The molecule has 0 aliphatic heterocycles. The van der Waals surface area contributed by atoms with Crippen molar-refractivity contribution in [3.05, 3.63) is 381 Å². The minimum absolute atomic E-state index is 0.0305. The number of hydrogen-bond acceptors (Lipinski definition) is 22. The highest BCUT2D eigenvalue weighted by Crippen LogP contribution is 2.49. The SMILES string of the molecule is C=C(C)C(=O)Oc1cc(Cc2ccc(NC)c(O)c2)ccc1NC.C=C(C)C(=O)Oc1ccc(C(C)(C)c2ccc(O)c(CC)c2)cc1CC.C=C(C)C(=O)Oc1ccc(C(C)(c2ccc(O)c(CC)c2)C(F)(F)F)cc1CC.C=C(C)C(=O)Oc1ccc(S(=O)(=O)c2ccc(O)c(CC)c2)cc1CC.C=CC(=O)OC(c1cccc(CC)c1)c1cccc(CC)c1.C=CC(=O)OCCc1ccc(NC)cc1NC. The van der Waals surface area contributed by atoms with E-state index in [1.165, 1.54) is 103 Å². The summed E-state index contributed by atoms with van der Waals surface area (Å²) in [5, 5.41) is 51.7. The van der Waals surface area contributed by atoms with Crippen LogP contribution in [-0.2, 0) is 123 Å². The second-order valence-electron chi connectivity index (χ2n) is 34.5. The number of esters is 6. The van der Waals surface area contributed by atoms with Crippen LogP contribution in [0.25, 0.3) is 0 Å². The lowest BCUT2D eigenvalue weighted by Gasteiger charge is -2.34. The quantitative estimate of drug-likeness (QED) is 0.00783. The molecular weight excluding hydrogens is 1850 g/mol. The Kier molecular flexibility index (Phi) is 45.1. The number of nitrogens with one attached hydrogen (secondary N) is 4. The Morgan fingerprint density at radius 2 is 0.750 bits per heavy atom. The fourth-order valence-electron chi connectivity index (χ4n) is 14.8. The molecule has 0 bridgehead atoms. The number of ether oxygens (including phenoxy) is 6. The zero-order valence-corrected chi connectivity index (χ0v) is 86.8. The number of rotatable bonds is 36. The first-order valence-electron chi connectivity index (χ1n) is 47.5. The van der Waals surface area contributed by atoms with E-state index < -0.39 is 57.4 Å². The predicted molar refractivity (Wildman–Crippen MR) is 568 cm³/mol. The first-order chi connectivity index (χ1) is 68.2. The van der Waals surface area contributed by atoms with Gasteiger partial charge in [0.2, 0.25) is 9.84 Å². The standard InChI is InChI=1S/C23H25F3O3.C23H28O3.C20H22O5S.C20H22O2.C19H22N2O3.C13H18N2O2/c1-6-15-12-17(8-10-19(15)27)22(5,23(24,25)26)18-9-11-20(16(7-2)13-18)29-21(28)14(3)4;1-7-16-13-18(9-11-20(16)24)23(5,6)19-10-12-21(17(8-2)14-19)26-22(25)15(3)4;1-5-14-11-16(7-9-18(14)21)26(23,24)17-8-10-19(15(6-2)12-17)25-20(22)13(3)4;1-4-15-9-7-11-17(13-15)20(22-19(21)6-3)18-12-8-10-16(5-2)14-18;1-12(2)19(23)24-18-11-14(6-8-16(18)21-4)9-13-5-7-15(20-3)17(22)10-13;1-4-13(16)17-8-7-10-5-6-11(14-2)9-12(10)15-3/h8-13,27H,3,6-7H2,1-2,4-5H3;9-14,24H,3,7-8H2,1-2,4-6H3;7-12,21H,3,5-6H2,1-2,4H3;6-14,20H,3-5H2,1-2H3;5-8,10-11,20-22H,1,9H2,2-4H3;4-6,9,14-15H,1,7-8H2,2-3H3. The number of sulfone groups is 1. The van der Waals surface area contributed by atoms with E-state index in [0.29, 0.717) is 107 Å². The van der Waals surface area contributed by atoms with Gasteiger partial charge < -0.3 is 70.1 Å². The highest BCUT2D eigenvalue weighted by molar-refractivity contribution is 7.91. The predicted octanol–water partition coefficient (Wildman–Crippen LogP) is 25.2. The molecule has 22 nitrogen and oxygen atoms in total. The summed E-state index contributed by atoms with van der Waals surface area (Å²) in [5.41, 5.74) is 16.0. The number of aryl methyl sites for hydroxylation is 8. The molecule has 11 aromatic carbocycles. The van der Waals surface area contributed by atoms with Crippen LogP contribution in [0.3, 0.4) is 0 Å². The maximum atomic E-state index is 14.3. The van der Waals surface area contributed by atoms with Crippen LogP contribution in [0.4, 0.5) is 35.9 Å². The van der Waals surface area contributed by atoms with Gasteiger partial charge in [-0.15, -0.1) is 0 Å². The van der Waals surface area contributed by atoms with Crippen molar-refractivity contribution < 1.29 is 99.2 Å². The van der Waals surface area contributed by atoms with Gasteiger partial charge in [0.05, 0.1) is 27.8 Å². The number of carbonyl (C=O) groups is 6. The van der Waals surface area contributed by atoms with Gasteiger partial charge in [0.25, 0.3) is 0 Å². The van der Waals surface area contributed by atoms with Crippen LogP contribution >= 0.6 is 0 Å². The third-order valence-corrected chi connectivity index (χ3v) is 25.6. The van der Waals surface area contributed by atoms with E-state index in [4.69, 9.17) is 28.4 Å². The Bertz CT molecular complexity index is 6510. The van der Waals surface area contributed by atoms with Crippen molar-refractivity contribution in [1.29, 1.82) is 0 Å². The second-order valence-corrected chi connectivity index (χ2v) is 36.5. The molecule has 0 amide bonds. The number of alkyl halides is 3. The van der Waals surface area contributed by atoms with Gasteiger partial charge >= 0.3 is 42.0 Å². The summed E-state index contributed by atoms with van der Waals surface area (Å²) in [6, 6.07) is 62.0. The third-order valence-electron chi connectivity index (χ3n) is 23.9. The molecule has 0 aliphatic carbocycles. The van der Waals surface area contributed by atoms with Gasteiger partial charge in [-0.2, -0.15) is 13.2 Å². The summed E-state index contributed by atoms with van der Waals surface area (Å²) in [6.07, 6.45) is 3.94. The monoisotopic (exact) mass is 1990 g/mol. The lowest BCUT2D eigenvalue weighted by atomic mass is 9.74. The summed E-state index contributed by atoms with van der Waals surface area (Å²) >= 11 is 0. The lowest BCUT2D eigenvalue weighted by molar-refractivity contribution is -0.173. The van der Waals surface area contributed by atoms with E-state index in [1.54, 1.807) is 60.8 Å². The Morgan fingerprint density at radius 3 is 1.17 bits per heavy atom. The van der Waals surface area contributed by atoms with Crippen LogP contribution < -0.4 is 40.2 Å². The number of phenolic OH excluding ortho intramolecular Hbond substituents is 4. The number of carbonyl (C=O) groups excluding carboxylic acids is 6. The molecule has 0 radical (unpaired) electrons. The fourth-order valence-corrected chi connectivity index (χ4v) is 16.1.